The first-order valence-electron chi connectivity index (χ1n) is 7.13. The first-order chi connectivity index (χ1) is 11.9. The Kier molecular flexibility index (Phi) is 6.60. The van der Waals surface area contributed by atoms with E-state index in [-0.39, 0.29) is 24.5 Å². The summed E-state index contributed by atoms with van der Waals surface area (Å²) < 4.78 is 11.3. The van der Waals surface area contributed by atoms with Crippen molar-refractivity contribution < 1.29 is 19.2 Å². The molecule has 0 saturated heterocycles. The average Bonchev–Trinajstić information content (AvgIpc) is 2.59. The van der Waals surface area contributed by atoms with E-state index in [1.165, 1.54) is 18.2 Å². The van der Waals surface area contributed by atoms with Gasteiger partial charge in [0.05, 0.1) is 15.0 Å². The molecule has 9 heteroatoms. The van der Waals surface area contributed by atoms with Crippen molar-refractivity contribution in [2.45, 2.75) is 0 Å². The van der Waals surface area contributed by atoms with Gasteiger partial charge in [-0.1, -0.05) is 11.6 Å². The number of nitrogens with zero attached hydrogens (tertiary/aromatic N) is 1. The van der Waals surface area contributed by atoms with Gasteiger partial charge in [-0.25, -0.2) is 4.79 Å². The lowest BCUT2D eigenvalue weighted by Crippen LogP contribution is -2.14. The van der Waals surface area contributed by atoms with Gasteiger partial charge in [-0.15, -0.1) is 0 Å². The highest BCUT2D eigenvalue weighted by molar-refractivity contribution is 9.10. The molecule has 25 heavy (non-hydrogen) atoms. The van der Waals surface area contributed by atoms with Crippen molar-refractivity contribution in [2.24, 2.45) is 0 Å². The summed E-state index contributed by atoms with van der Waals surface area (Å²) in [5.74, 6) is -0.112. The number of hydrogen-bond donors (Lipinski definition) is 1. The number of ether oxygens (including phenoxy) is 2. The average molecular weight is 430 g/mol. The van der Waals surface area contributed by atoms with Gasteiger partial charge in [-0.2, -0.15) is 0 Å². The van der Waals surface area contributed by atoms with Gasteiger partial charge in [0.2, 0.25) is 0 Å². The molecular formula is C16H14BrClN2O5. The van der Waals surface area contributed by atoms with E-state index >= 15 is 0 Å². The topological polar surface area (TPSA) is 90.7 Å². The maximum Gasteiger partial charge on any atom is 0.340 e. The SMILES string of the molecule is CNc1ccc([N+](=O)[O-])cc1C(=O)OCCOc1ccc(Cl)cc1Br. The number of hydrogen-bond acceptors (Lipinski definition) is 6. The number of non-ortho nitro benzene ring substituents is 1. The first kappa shape index (κ1) is 19.0. The van der Waals surface area contributed by atoms with E-state index in [2.05, 4.69) is 21.2 Å². The molecule has 2 aromatic rings. The first-order valence-corrected chi connectivity index (χ1v) is 8.30. The Morgan fingerprint density at radius 1 is 1.28 bits per heavy atom. The van der Waals surface area contributed by atoms with Crippen LogP contribution in [-0.2, 0) is 4.74 Å². The van der Waals surface area contributed by atoms with Crippen LogP contribution < -0.4 is 10.1 Å². The molecule has 2 rings (SSSR count). The van der Waals surface area contributed by atoms with Crippen molar-refractivity contribution in [3.8, 4) is 5.75 Å². The van der Waals surface area contributed by atoms with Crippen LogP contribution in [0.1, 0.15) is 10.4 Å². The predicted octanol–water partition coefficient (Wildman–Crippen LogP) is 4.29. The molecule has 0 bridgehead atoms. The number of anilines is 1. The molecular weight excluding hydrogens is 416 g/mol. The Balaban J connectivity index is 1.96. The molecule has 7 nitrogen and oxygen atoms in total. The van der Waals surface area contributed by atoms with Crippen molar-refractivity contribution in [1.29, 1.82) is 0 Å². The summed E-state index contributed by atoms with van der Waals surface area (Å²) in [6.07, 6.45) is 0. The Morgan fingerprint density at radius 2 is 2.04 bits per heavy atom. The molecule has 0 heterocycles. The van der Waals surface area contributed by atoms with Gasteiger partial charge in [0.1, 0.15) is 19.0 Å². The molecule has 132 valence electrons. The molecule has 0 amide bonds. The predicted molar refractivity (Wildman–Crippen MR) is 97.6 cm³/mol. The molecule has 0 aromatic heterocycles. The fourth-order valence-corrected chi connectivity index (χ4v) is 2.79. The molecule has 0 aliphatic rings. The van der Waals surface area contributed by atoms with Crippen molar-refractivity contribution in [3.05, 3.63) is 61.6 Å². The van der Waals surface area contributed by atoms with Crippen LogP contribution in [0.4, 0.5) is 11.4 Å². The van der Waals surface area contributed by atoms with Crippen LogP contribution in [0.15, 0.2) is 40.9 Å². The van der Waals surface area contributed by atoms with E-state index in [0.717, 1.165) is 0 Å². The van der Waals surface area contributed by atoms with Gasteiger partial charge >= 0.3 is 5.97 Å². The summed E-state index contributed by atoms with van der Waals surface area (Å²) in [6, 6.07) is 8.99. The summed E-state index contributed by atoms with van der Waals surface area (Å²) in [6.45, 7) is 0.107. The molecule has 0 unspecified atom stereocenters. The van der Waals surface area contributed by atoms with E-state index in [4.69, 9.17) is 21.1 Å². The van der Waals surface area contributed by atoms with Crippen LogP contribution >= 0.6 is 27.5 Å². The van der Waals surface area contributed by atoms with E-state index < -0.39 is 10.9 Å². The second-order valence-corrected chi connectivity index (χ2v) is 6.09. The third kappa shape index (κ3) is 5.07. The van der Waals surface area contributed by atoms with Crippen molar-refractivity contribution in [1.82, 2.24) is 0 Å². The van der Waals surface area contributed by atoms with Crippen LogP contribution in [0.3, 0.4) is 0 Å². The Bertz CT molecular complexity index is 800. The Morgan fingerprint density at radius 3 is 2.68 bits per heavy atom. The van der Waals surface area contributed by atoms with Crippen LogP contribution in [0.5, 0.6) is 5.75 Å². The summed E-state index contributed by atoms with van der Waals surface area (Å²) >= 11 is 9.16. The van der Waals surface area contributed by atoms with E-state index in [1.807, 2.05) is 0 Å². The second-order valence-electron chi connectivity index (χ2n) is 4.80. The summed E-state index contributed by atoms with van der Waals surface area (Å²) in [4.78, 5) is 22.4. The minimum absolute atomic E-state index is 0.0141. The number of carbonyl (C=O) groups is 1. The highest BCUT2D eigenvalue weighted by atomic mass is 79.9. The second kappa shape index (κ2) is 8.68. The van der Waals surface area contributed by atoms with Crippen LogP contribution in [0, 0.1) is 10.1 Å². The summed E-state index contributed by atoms with van der Waals surface area (Å²) in [7, 11) is 1.61. The molecule has 0 atom stereocenters. The molecule has 2 aromatic carbocycles. The molecule has 0 fully saturated rings. The lowest BCUT2D eigenvalue weighted by atomic mass is 10.1. The van der Waals surface area contributed by atoms with Crippen molar-refractivity contribution in [3.63, 3.8) is 0 Å². The lowest BCUT2D eigenvalue weighted by Gasteiger charge is -2.11. The zero-order chi connectivity index (χ0) is 18.4. The number of halogens is 2. The smallest absolute Gasteiger partial charge is 0.340 e. The largest absolute Gasteiger partial charge is 0.489 e. The highest BCUT2D eigenvalue weighted by Gasteiger charge is 2.17. The Hall–Kier alpha value is -2.32. The van der Waals surface area contributed by atoms with Gasteiger partial charge in [-0.05, 0) is 40.2 Å². The number of carbonyl (C=O) groups excluding carboxylic acids is 1. The van der Waals surface area contributed by atoms with Crippen LogP contribution in [0.25, 0.3) is 0 Å². The van der Waals surface area contributed by atoms with Gasteiger partial charge in [-0.3, -0.25) is 10.1 Å². The van der Waals surface area contributed by atoms with E-state index in [1.54, 1.807) is 25.2 Å². The maximum atomic E-state index is 12.2. The third-order valence-corrected chi connectivity index (χ3v) is 4.03. The number of nitro benzene ring substituents is 1. The van der Waals surface area contributed by atoms with Gasteiger partial charge < -0.3 is 14.8 Å². The lowest BCUT2D eigenvalue weighted by molar-refractivity contribution is -0.384. The summed E-state index contributed by atoms with van der Waals surface area (Å²) in [5.41, 5.74) is 0.341. The van der Waals surface area contributed by atoms with Crippen molar-refractivity contribution in [2.75, 3.05) is 25.6 Å². The van der Waals surface area contributed by atoms with Gasteiger partial charge in [0.25, 0.3) is 5.69 Å². The molecule has 0 spiro atoms. The van der Waals surface area contributed by atoms with Gasteiger partial charge in [0.15, 0.2) is 0 Å². The van der Waals surface area contributed by atoms with E-state index in [9.17, 15) is 14.9 Å². The number of esters is 1. The van der Waals surface area contributed by atoms with E-state index in [0.29, 0.717) is 20.9 Å². The molecule has 0 saturated carbocycles. The standard InChI is InChI=1S/C16H14BrClN2O5/c1-19-14-4-3-11(20(22)23)9-12(14)16(21)25-7-6-24-15-5-2-10(18)8-13(15)17/h2-5,8-9,19H,6-7H2,1H3. The van der Waals surface area contributed by atoms with Crippen molar-refractivity contribution >= 4 is 44.9 Å². The number of rotatable bonds is 7. The normalized spacial score (nSPS) is 10.2. The Labute approximate surface area is 157 Å². The minimum Gasteiger partial charge on any atom is -0.489 e. The molecule has 1 N–H and O–H groups in total. The minimum atomic E-state index is -0.674. The van der Waals surface area contributed by atoms with Crippen LogP contribution in [0.2, 0.25) is 5.02 Å². The highest BCUT2D eigenvalue weighted by Crippen LogP contribution is 2.28. The van der Waals surface area contributed by atoms with Crippen LogP contribution in [-0.4, -0.2) is 31.2 Å². The zero-order valence-corrected chi connectivity index (χ0v) is 15.5. The summed E-state index contributed by atoms with van der Waals surface area (Å²) in [5, 5.41) is 14.2. The maximum absolute atomic E-state index is 12.2. The number of nitro groups is 1. The molecule has 0 aliphatic carbocycles. The molecule has 0 radical (unpaired) electrons. The fraction of sp³-hybridized carbons (Fsp3) is 0.188. The monoisotopic (exact) mass is 428 g/mol. The third-order valence-electron chi connectivity index (χ3n) is 3.17. The fourth-order valence-electron chi connectivity index (χ4n) is 1.99. The number of nitrogens with one attached hydrogen (secondary N) is 1. The van der Waals surface area contributed by atoms with Gasteiger partial charge in [0, 0.05) is 29.9 Å². The zero-order valence-electron chi connectivity index (χ0n) is 13.1. The number of benzene rings is 2. The quantitative estimate of drug-likeness (QED) is 0.306. The molecule has 0 aliphatic heterocycles.